The quantitative estimate of drug-likeness (QED) is 0.746. The maximum absolute atomic E-state index is 12.4. The molecule has 100 valence electrons. The van der Waals surface area contributed by atoms with Crippen LogP contribution in [0.25, 0.3) is 0 Å². The van der Waals surface area contributed by atoms with Crippen LogP contribution in [0.4, 0.5) is 0 Å². The van der Waals surface area contributed by atoms with E-state index in [1.54, 1.807) is 0 Å². The number of hydrogen-bond donors (Lipinski definition) is 1. The van der Waals surface area contributed by atoms with E-state index in [2.05, 4.69) is 12.0 Å². The molecule has 0 aromatic heterocycles. The van der Waals surface area contributed by atoms with E-state index in [-0.39, 0.29) is 0 Å². The van der Waals surface area contributed by atoms with Gasteiger partial charge in [0.1, 0.15) is 0 Å². The second kappa shape index (κ2) is 5.40. The fourth-order valence-corrected chi connectivity index (χ4v) is 5.15. The lowest BCUT2D eigenvalue weighted by atomic mass is 9.87. The number of nitrogens with one attached hydrogen (secondary N) is 1. The summed E-state index contributed by atoms with van der Waals surface area (Å²) in [5.41, 5.74) is 0. The third-order valence-corrected chi connectivity index (χ3v) is 6.05. The molecule has 0 aromatic rings. The molecule has 4 atom stereocenters. The normalized spacial score (nSPS) is 36.6. The fraction of sp³-hybridized carbons (Fsp3) is 1.00. The number of rotatable bonds is 6. The predicted molar refractivity (Wildman–Crippen MR) is 67.8 cm³/mol. The summed E-state index contributed by atoms with van der Waals surface area (Å²) in [6.45, 7) is 6.78. The Balaban J connectivity index is 2.01. The Morgan fingerprint density at radius 1 is 1.18 bits per heavy atom. The van der Waals surface area contributed by atoms with Crippen LogP contribution in [-0.4, -0.2) is 19.3 Å². The van der Waals surface area contributed by atoms with Gasteiger partial charge in [-0.2, -0.15) is 0 Å². The molecule has 0 saturated heterocycles. The summed E-state index contributed by atoms with van der Waals surface area (Å²) in [6, 6.07) is 0.303. The van der Waals surface area contributed by atoms with Gasteiger partial charge in [-0.25, -0.2) is 9.65 Å². The highest BCUT2D eigenvalue weighted by molar-refractivity contribution is 7.51. The van der Waals surface area contributed by atoms with Crippen molar-refractivity contribution in [2.75, 3.05) is 13.2 Å². The van der Waals surface area contributed by atoms with Gasteiger partial charge in [-0.3, -0.25) is 9.05 Å². The summed E-state index contributed by atoms with van der Waals surface area (Å²) in [6.07, 6.45) is 3.86. The van der Waals surface area contributed by atoms with E-state index >= 15 is 0 Å². The minimum absolute atomic E-state index is 0.303. The van der Waals surface area contributed by atoms with Crippen LogP contribution in [0.5, 0.6) is 0 Å². The molecule has 5 heteroatoms. The van der Waals surface area contributed by atoms with Crippen molar-refractivity contribution in [3.63, 3.8) is 0 Å². The molecule has 4 nitrogen and oxygen atoms in total. The lowest BCUT2D eigenvalue weighted by Gasteiger charge is -2.31. The van der Waals surface area contributed by atoms with E-state index in [0.717, 1.165) is 5.92 Å². The van der Waals surface area contributed by atoms with E-state index in [0.29, 0.717) is 31.1 Å². The van der Waals surface area contributed by atoms with Crippen LogP contribution in [0.3, 0.4) is 0 Å². The molecule has 2 aliphatic carbocycles. The molecule has 2 bridgehead atoms. The molecular formula is C12H24NO3P. The second-order valence-electron chi connectivity index (χ2n) is 5.18. The molecule has 0 aliphatic heterocycles. The number of fused-ring (bicyclic) bond motifs is 2. The Labute approximate surface area is 104 Å². The molecule has 2 aliphatic rings. The molecule has 0 spiro atoms. The lowest BCUT2D eigenvalue weighted by Crippen LogP contribution is -2.38. The first kappa shape index (κ1) is 13.5. The third-order valence-electron chi connectivity index (χ3n) is 4.24. The summed E-state index contributed by atoms with van der Waals surface area (Å²) in [7, 11) is -3.09. The van der Waals surface area contributed by atoms with Crippen molar-refractivity contribution in [3.05, 3.63) is 0 Å². The van der Waals surface area contributed by atoms with E-state index in [1.807, 2.05) is 13.8 Å². The molecule has 2 fully saturated rings. The minimum atomic E-state index is -3.09. The van der Waals surface area contributed by atoms with Crippen molar-refractivity contribution < 1.29 is 13.6 Å². The van der Waals surface area contributed by atoms with Crippen LogP contribution < -0.4 is 5.09 Å². The van der Waals surface area contributed by atoms with Crippen molar-refractivity contribution in [2.45, 2.75) is 46.1 Å². The third kappa shape index (κ3) is 2.76. The van der Waals surface area contributed by atoms with Gasteiger partial charge in [-0.15, -0.1) is 0 Å². The van der Waals surface area contributed by atoms with Gasteiger partial charge in [0.15, 0.2) is 0 Å². The largest absolute Gasteiger partial charge is 0.405 e. The summed E-state index contributed by atoms with van der Waals surface area (Å²) >= 11 is 0. The van der Waals surface area contributed by atoms with Crippen LogP contribution in [0.15, 0.2) is 0 Å². The molecule has 0 radical (unpaired) electrons. The molecule has 1 N–H and O–H groups in total. The highest BCUT2D eigenvalue weighted by Gasteiger charge is 2.47. The Hall–Kier alpha value is 0.110. The van der Waals surface area contributed by atoms with Crippen molar-refractivity contribution in [1.82, 2.24) is 5.09 Å². The monoisotopic (exact) mass is 261 g/mol. The maximum Gasteiger partial charge on any atom is 0.405 e. The van der Waals surface area contributed by atoms with Gasteiger partial charge in [0, 0.05) is 6.04 Å². The zero-order chi connectivity index (χ0) is 12.5. The van der Waals surface area contributed by atoms with E-state index in [4.69, 9.17) is 9.05 Å². The summed E-state index contributed by atoms with van der Waals surface area (Å²) in [5.74, 6) is 2.04. The van der Waals surface area contributed by atoms with Crippen LogP contribution in [-0.2, 0) is 13.6 Å². The van der Waals surface area contributed by atoms with E-state index < -0.39 is 7.75 Å². The van der Waals surface area contributed by atoms with Crippen LogP contribution in [0.2, 0.25) is 0 Å². The first-order valence-electron chi connectivity index (χ1n) is 6.76. The minimum Gasteiger partial charge on any atom is -0.297 e. The van der Waals surface area contributed by atoms with E-state index in [1.165, 1.54) is 19.3 Å². The SMILES string of the molecule is CCOP(=O)(NC1C2CCC(C2)C1C)OCC. The molecule has 4 unspecified atom stereocenters. The zero-order valence-corrected chi connectivity index (χ0v) is 11.9. The summed E-state index contributed by atoms with van der Waals surface area (Å²) < 4.78 is 23.1. The van der Waals surface area contributed by atoms with Gasteiger partial charge >= 0.3 is 7.75 Å². The number of hydrogen-bond acceptors (Lipinski definition) is 3. The highest BCUT2D eigenvalue weighted by atomic mass is 31.2. The van der Waals surface area contributed by atoms with Gasteiger partial charge in [0.2, 0.25) is 0 Å². The molecule has 2 rings (SSSR count). The highest BCUT2D eigenvalue weighted by Crippen LogP contribution is 2.53. The first-order valence-corrected chi connectivity index (χ1v) is 8.30. The summed E-state index contributed by atoms with van der Waals surface area (Å²) in [5, 5.41) is 3.19. The van der Waals surface area contributed by atoms with Gasteiger partial charge in [0.05, 0.1) is 13.2 Å². The standard InChI is InChI=1S/C12H24NO3P/c1-4-15-17(14,16-5-2)13-12-9(3)10-6-7-11(12)8-10/h9-12H,4-8H2,1-3H3,(H,13,14). The van der Waals surface area contributed by atoms with Gasteiger partial charge in [0.25, 0.3) is 0 Å². The molecular weight excluding hydrogens is 237 g/mol. The Bertz CT molecular complexity index is 298. The first-order chi connectivity index (χ1) is 8.09. The Kier molecular flexibility index (Phi) is 4.30. The predicted octanol–water partition coefficient (Wildman–Crippen LogP) is 3.19. The summed E-state index contributed by atoms with van der Waals surface area (Å²) in [4.78, 5) is 0. The van der Waals surface area contributed by atoms with Crippen molar-refractivity contribution in [1.29, 1.82) is 0 Å². The zero-order valence-electron chi connectivity index (χ0n) is 11.0. The molecule has 0 heterocycles. The topological polar surface area (TPSA) is 47.6 Å². The van der Waals surface area contributed by atoms with Crippen molar-refractivity contribution >= 4 is 7.75 Å². The molecule has 2 saturated carbocycles. The van der Waals surface area contributed by atoms with E-state index in [9.17, 15) is 4.57 Å². The Morgan fingerprint density at radius 3 is 2.24 bits per heavy atom. The maximum atomic E-state index is 12.4. The van der Waals surface area contributed by atoms with Crippen LogP contribution >= 0.6 is 7.75 Å². The van der Waals surface area contributed by atoms with Crippen molar-refractivity contribution in [3.8, 4) is 0 Å². The lowest BCUT2D eigenvalue weighted by molar-refractivity contribution is 0.191. The average molecular weight is 261 g/mol. The van der Waals surface area contributed by atoms with Gasteiger partial charge < -0.3 is 0 Å². The van der Waals surface area contributed by atoms with Gasteiger partial charge in [-0.05, 0) is 50.9 Å². The smallest absolute Gasteiger partial charge is 0.297 e. The average Bonchev–Trinajstić information content (AvgIpc) is 2.83. The Morgan fingerprint density at radius 2 is 1.76 bits per heavy atom. The van der Waals surface area contributed by atoms with Crippen molar-refractivity contribution in [2.24, 2.45) is 17.8 Å². The van der Waals surface area contributed by atoms with Crippen LogP contribution in [0, 0.1) is 17.8 Å². The fourth-order valence-electron chi connectivity index (χ4n) is 3.44. The van der Waals surface area contributed by atoms with Gasteiger partial charge in [-0.1, -0.05) is 6.92 Å². The molecule has 17 heavy (non-hydrogen) atoms. The second-order valence-corrected chi connectivity index (χ2v) is 6.95. The van der Waals surface area contributed by atoms with Crippen LogP contribution in [0.1, 0.15) is 40.0 Å². The molecule has 0 aromatic carbocycles. The molecule has 0 amide bonds.